The van der Waals surface area contributed by atoms with Gasteiger partial charge in [0, 0.05) is 18.7 Å². The van der Waals surface area contributed by atoms with Gasteiger partial charge in [0.25, 0.3) is 0 Å². The topological polar surface area (TPSA) is 28.4 Å². The van der Waals surface area contributed by atoms with Crippen molar-refractivity contribution < 1.29 is 4.42 Å². The maximum Gasteiger partial charge on any atom is 0.200 e. The summed E-state index contributed by atoms with van der Waals surface area (Å²) in [5.41, 5.74) is 4.67. The van der Waals surface area contributed by atoms with Gasteiger partial charge in [-0.25, -0.2) is 0 Å². The summed E-state index contributed by atoms with van der Waals surface area (Å²) in [5, 5.41) is 3.40. The van der Waals surface area contributed by atoms with Crippen molar-refractivity contribution in [3.05, 3.63) is 41.7 Å². The highest BCUT2D eigenvalue weighted by molar-refractivity contribution is 5.75. The van der Waals surface area contributed by atoms with E-state index in [1.165, 1.54) is 11.3 Å². The maximum atomic E-state index is 5.48. The minimum absolute atomic E-state index is 0.819. The first-order valence-electron chi connectivity index (χ1n) is 6.82. The summed E-state index contributed by atoms with van der Waals surface area (Å²) in [6.07, 6.45) is 1.71. The van der Waals surface area contributed by atoms with Crippen LogP contribution in [0.5, 0.6) is 0 Å². The summed E-state index contributed by atoms with van der Waals surface area (Å²) >= 11 is 0. The highest BCUT2D eigenvalue weighted by atomic mass is 16.3. The highest BCUT2D eigenvalue weighted by Crippen LogP contribution is 2.31. The second kappa shape index (κ2) is 5.83. The van der Waals surface area contributed by atoms with Crippen molar-refractivity contribution in [1.82, 2.24) is 0 Å². The Bertz CT molecular complexity index is 541. The van der Waals surface area contributed by atoms with Gasteiger partial charge in [-0.15, -0.1) is 0 Å². The Labute approximate surface area is 115 Å². The second-order valence-electron chi connectivity index (χ2n) is 4.75. The number of furan rings is 1. The van der Waals surface area contributed by atoms with E-state index in [0.29, 0.717) is 0 Å². The van der Waals surface area contributed by atoms with Gasteiger partial charge in [-0.1, -0.05) is 6.07 Å². The molecular formula is C16H22N2O. The quantitative estimate of drug-likeness (QED) is 0.856. The monoisotopic (exact) mass is 258 g/mol. The Kier molecular flexibility index (Phi) is 4.15. The molecule has 0 saturated carbocycles. The Morgan fingerprint density at radius 2 is 1.84 bits per heavy atom. The molecule has 0 atom stereocenters. The molecule has 1 aromatic carbocycles. The molecule has 0 aliphatic carbocycles. The number of benzene rings is 1. The number of aryl methyl sites for hydroxylation is 2. The third-order valence-electron chi connectivity index (χ3n) is 3.37. The molecule has 3 heteroatoms. The van der Waals surface area contributed by atoms with Crippen LogP contribution in [0.4, 0.5) is 17.3 Å². The van der Waals surface area contributed by atoms with Crippen LogP contribution in [0.3, 0.4) is 0 Å². The van der Waals surface area contributed by atoms with Crippen LogP contribution in [0.2, 0.25) is 0 Å². The van der Waals surface area contributed by atoms with E-state index < -0.39 is 0 Å². The molecule has 3 nitrogen and oxygen atoms in total. The lowest BCUT2D eigenvalue weighted by Gasteiger charge is -2.24. The third-order valence-corrected chi connectivity index (χ3v) is 3.37. The van der Waals surface area contributed by atoms with Crippen molar-refractivity contribution >= 4 is 17.3 Å². The first-order valence-corrected chi connectivity index (χ1v) is 6.82. The minimum atomic E-state index is 0.819. The molecule has 2 rings (SSSR count). The average Bonchev–Trinajstić information content (AvgIpc) is 2.79. The van der Waals surface area contributed by atoms with Gasteiger partial charge in [-0.2, -0.15) is 0 Å². The summed E-state index contributed by atoms with van der Waals surface area (Å²) < 4.78 is 5.48. The zero-order valence-corrected chi connectivity index (χ0v) is 12.2. The smallest absolute Gasteiger partial charge is 0.200 e. The van der Waals surface area contributed by atoms with Gasteiger partial charge >= 0.3 is 0 Å². The first-order chi connectivity index (χ1) is 9.15. The van der Waals surface area contributed by atoms with Gasteiger partial charge in [-0.3, -0.25) is 0 Å². The predicted octanol–water partition coefficient (Wildman–Crippen LogP) is 4.49. The van der Waals surface area contributed by atoms with Crippen molar-refractivity contribution in [2.24, 2.45) is 0 Å². The van der Waals surface area contributed by atoms with E-state index in [2.05, 4.69) is 49.2 Å². The van der Waals surface area contributed by atoms with Gasteiger partial charge in [0.15, 0.2) is 5.88 Å². The normalized spacial score (nSPS) is 10.5. The van der Waals surface area contributed by atoms with E-state index in [4.69, 9.17) is 4.42 Å². The predicted molar refractivity (Wildman–Crippen MR) is 81.5 cm³/mol. The van der Waals surface area contributed by atoms with E-state index in [0.717, 1.165) is 30.2 Å². The molecule has 102 valence electrons. The number of anilines is 3. The number of rotatable bonds is 5. The van der Waals surface area contributed by atoms with Gasteiger partial charge in [0.2, 0.25) is 0 Å². The van der Waals surface area contributed by atoms with Crippen molar-refractivity contribution in [3.63, 3.8) is 0 Å². The van der Waals surface area contributed by atoms with Crippen LogP contribution in [0.15, 0.2) is 34.9 Å². The lowest BCUT2D eigenvalue weighted by atomic mass is 10.1. The second-order valence-corrected chi connectivity index (χ2v) is 4.75. The number of nitrogens with one attached hydrogen (secondary N) is 1. The molecule has 1 N–H and O–H groups in total. The zero-order valence-electron chi connectivity index (χ0n) is 12.2. The number of hydrogen-bond acceptors (Lipinski definition) is 3. The van der Waals surface area contributed by atoms with E-state index in [1.54, 1.807) is 6.26 Å². The van der Waals surface area contributed by atoms with Crippen LogP contribution in [0.25, 0.3) is 0 Å². The standard InChI is InChI=1S/C16H22N2O/c1-5-18(6-2)15-8-7-12(3)11-14(15)17-16-13(4)9-10-19-16/h7-11,17H,5-6H2,1-4H3. The zero-order chi connectivity index (χ0) is 13.8. The van der Waals surface area contributed by atoms with Crippen LogP contribution >= 0.6 is 0 Å². The fraction of sp³-hybridized carbons (Fsp3) is 0.375. The third kappa shape index (κ3) is 2.92. The van der Waals surface area contributed by atoms with Gasteiger partial charge in [0.05, 0.1) is 17.6 Å². The maximum absolute atomic E-state index is 5.48. The van der Waals surface area contributed by atoms with E-state index >= 15 is 0 Å². The van der Waals surface area contributed by atoms with E-state index in [9.17, 15) is 0 Å². The summed E-state index contributed by atoms with van der Waals surface area (Å²) in [7, 11) is 0. The largest absolute Gasteiger partial charge is 0.448 e. The SMILES string of the molecule is CCN(CC)c1ccc(C)cc1Nc1occc1C. The molecule has 0 aliphatic rings. The van der Waals surface area contributed by atoms with E-state index in [1.807, 2.05) is 13.0 Å². The molecule has 0 spiro atoms. The summed E-state index contributed by atoms with van der Waals surface area (Å²) in [5.74, 6) is 0.819. The molecule has 0 radical (unpaired) electrons. The van der Waals surface area contributed by atoms with Crippen LogP contribution in [-0.2, 0) is 0 Å². The van der Waals surface area contributed by atoms with Crippen LogP contribution < -0.4 is 10.2 Å². The molecule has 0 fully saturated rings. The Morgan fingerprint density at radius 3 is 2.42 bits per heavy atom. The Balaban J connectivity index is 2.37. The van der Waals surface area contributed by atoms with Gasteiger partial charge in [-0.05, 0) is 51.5 Å². The number of hydrogen-bond donors (Lipinski definition) is 1. The van der Waals surface area contributed by atoms with Gasteiger partial charge < -0.3 is 14.6 Å². The van der Waals surface area contributed by atoms with Crippen LogP contribution in [0, 0.1) is 13.8 Å². The fourth-order valence-corrected chi connectivity index (χ4v) is 2.21. The number of nitrogens with zero attached hydrogens (tertiary/aromatic N) is 1. The molecule has 1 aromatic heterocycles. The van der Waals surface area contributed by atoms with Crippen molar-refractivity contribution in [3.8, 4) is 0 Å². The molecule has 2 aromatic rings. The molecule has 0 aliphatic heterocycles. The molecule has 0 bridgehead atoms. The van der Waals surface area contributed by atoms with Gasteiger partial charge in [0.1, 0.15) is 0 Å². The first kappa shape index (κ1) is 13.5. The summed E-state index contributed by atoms with van der Waals surface area (Å²) in [6.45, 7) is 10.5. The van der Waals surface area contributed by atoms with E-state index in [-0.39, 0.29) is 0 Å². The summed E-state index contributed by atoms with van der Waals surface area (Å²) in [6, 6.07) is 8.45. The van der Waals surface area contributed by atoms with Crippen molar-refractivity contribution in [2.75, 3.05) is 23.3 Å². The van der Waals surface area contributed by atoms with Crippen LogP contribution in [0.1, 0.15) is 25.0 Å². The lowest BCUT2D eigenvalue weighted by molar-refractivity contribution is 0.584. The minimum Gasteiger partial charge on any atom is -0.448 e. The molecule has 0 amide bonds. The Morgan fingerprint density at radius 1 is 1.11 bits per heavy atom. The van der Waals surface area contributed by atoms with Crippen LogP contribution in [-0.4, -0.2) is 13.1 Å². The Hall–Kier alpha value is -1.90. The molecule has 0 unspecified atom stereocenters. The molecule has 1 heterocycles. The van der Waals surface area contributed by atoms with Crippen molar-refractivity contribution in [1.29, 1.82) is 0 Å². The fourth-order valence-electron chi connectivity index (χ4n) is 2.21. The summed E-state index contributed by atoms with van der Waals surface area (Å²) in [4.78, 5) is 2.33. The van der Waals surface area contributed by atoms with Crippen molar-refractivity contribution in [2.45, 2.75) is 27.7 Å². The molecule has 0 saturated heterocycles. The highest BCUT2D eigenvalue weighted by Gasteiger charge is 2.11. The molecular weight excluding hydrogens is 236 g/mol. The molecule has 19 heavy (non-hydrogen) atoms. The lowest BCUT2D eigenvalue weighted by Crippen LogP contribution is -2.22. The average molecular weight is 258 g/mol.